The Morgan fingerprint density at radius 1 is 0.867 bits per heavy atom. The molecule has 0 radical (unpaired) electrons. The molecule has 0 aliphatic rings. The fourth-order valence-corrected chi connectivity index (χ4v) is 3.49. The summed E-state index contributed by atoms with van der Waals surface area (Å²) >= 11 is 6.25. The van der Waals surface area contributed by atoms with E-state index in [2.05, 4.69) is 10.2 Å². The molecule has 0 atom stereocenters. The second kappa shape index (κ2) is 8.00. The second-order valence-corrected chi connectivity index (χ2v) is 7.09. The Hall–Kier alpha value is -3.64. The minimum atomic E-state index is 0.324. The number of aromatic nitrogens is 4. The van der Waals surface area contributed by atoms with Crippen LogP contribution in [0.1, 0.15) is 11.7 Å². The number of imidazole rings is 1. The Morgan fingerprint density at radius 2 is 1.63 bits per heavy atom. The van der Waals surface area contributed by atoms with E-state index in [9.17, 15) is 0 Å². The predicted molar refractivity (Wildman–Crippen MR) is 114 cm³/mol. The van der Waals surface area contributed by atoms with Crippen LogP contribution in [0.2, 0.25) is 5.02 Å². The quantitative estimate of drug-likeness (QED) is 0.372. The van der Waals surface area contributed by atoms with Gasteiger partial charge in [-0.1, -0.05) is 54.1 Å². The molecule has 148 valence electrons. The lowest BCUT2D eigenvalue weighted by atomic mass is 10.2. The maximum absolute atomic E-state index is 6.25. The maximum atomic E-state index is 6.25. The van der Waals surface area contributed by atoms with Crippen LogP contribution in [0, 0.1) is 0 Å². The normalized spacial score (nSPS) is 11.1. The van der Waals surface area contributed by atoms with E-state index in [-0.39, 0.29) is 0 Å². The molecule has 0 saturated heterocycles. The van der Waals surface area contributed by atoms with E-state index in [0.717, 1.165) is 22.6 Å². The molecule has 2 aromatic heterocycles. The van der Waals surface area contributed by atoms with Crippen LogP contribution in [-0.4, -0.2) is 19.7 Å². The number of benzene rings is 3. The lowest BCUT2D eigenvalue weighted by Crippen LogP contribution is -2.08. The number of nitrogens with zero attached hydrogens (tertiary/aromatic N) is 4. The Bertz CT molecular complexity index is 1300. The van der Waals surface area contributed by atoms with Gasteiger partial charge in [-0.3, -0.25) is 0 Å². The van der Waals surface area contributed by atoms with Crippen LogP contribution in [0.15, 0.2) is 83.3 Å². The molecule has 6 nitrogen and oxygen atoms in total. The minimum Gasteiger partial charge on any atom is -0.486 e. The molecule has 5 rings (SSSR count). The lowest BCUT2D eigenvalue weighted by Gasteiger charge is -2.08. The highest BCUT2D eigenvalue weighted by atomic mass is 35.5. The molecule has 30 heavy (non-hydrogen) atoms. The first-order valence-corrected chi connectivity index (χ1v) is 9.85. The van der Waals surface area contributed by atoms with Gasteiger partial charge in [0.15, 0.2) is 0 Å². The third-order valence-corrected chi connectivity index (χ3v) is 5.04. The van der Waals surface area contributed by atoms with E-state index in [1.807, 2.05) is 77.4 Å². The molecule has 2 heterocycles. The van der Waals surface area contributed by atoms with Gasteiger partial charge in [0, 0.05) is 0 Å². The highest BCUT2D eigenvalue weighted by Gasteiger charge is 2.16. The molecular weight excluding hydrogens is 400 g/mol. The van der Waals surface area contributed by atoms with Gasteiger partial charge in [-0.15, -0.1) is 10.2 Å². The van der Waals surface area contributed by atoms with Gasteiger partial charge in [-0.25, -0.2) is 4.98 Å². The van der Waals surface area contributed by atoms with E-state index in [4.69, 9.17) is 25.7 Å². The van der Waals surface area contributed by atoms with E-state index in [0.29, 0.717) is 35.5 Å². The lowest BCUT2D eigenvalue weighted by molar-refractivity contribution is 0.290. The zero-order valence-corrected chi connectivity index (χ0v) is 16.7. The molecule has 0 aliphatic carbocycles. The molecule has 0 bridgehead atoms. The fraction of sp³-hybridized carbons (Fsp3) is 0.0870. The Labute approximate surface area is 177 Å². The molecule has 0 N–H and O–H groups in total. The Kier molecular flexibility index (Phi) is 4.91. The summed E-state index contributed by atoms with van der Waals surface area (Å²) in [6.45, 7) is 0.704. The predicted octanol–water partition coefficient (Wildman–Crippen LogP) is 5.37. The second-order valence-electron chi connectivity index (χ2n) is 6.69. The molecule has 0 unspecified atom stereocenters. The first kappa shape index (κ1) is 18.4. The van der Waals surface area contributed by atoms with Crippen molar-refractivity contribution in [3.05, 3.63) is 95.6 Å². The molecule has 7 heteroatoms. The van der Waals surface area contributed by atoms with Gasteiger partial charge < -0.3 is 13.7 Å². The average molecular weight is 417 g/mol. The van der Waals surface area contributed by atoms with E-state index < -0.39 is 0 Å². The summed E-state index contributed by atoms with van der Waals surface area (Å²) < 4.78 is 13.8. The largest absolute Gasteiger partial charge is 0.486 e. The number of rotatable bonds is 6. The summed E-state index contributed by atoms with van der Waals surface area (Å²) in [5.41, 5.74) is 2.57. The topological polar surface area (TPSA) is 66.0 Å². The van der Waals surface area contributed by atoms with Crippen LogP contribution in [0.3, 0.4) is 0 Å². The van der Waals surface area contributed by atoms with Gasteiger partial charge in [0.25, 0.3) is 0 Å². The van der Waals surface area contributed by atoms with Crippen molar-refractivity contribution in [2.45, 2.75) is 13.2 Å². The van der Waals surface area contributed by atoms with Gasteiger partial charge >= 0.3 is 0 Å². The molecule has 0 spiro atoms. The maximum Gasteiger partial charge on any atom is 0.249 e. The zero-order chi connectivity index (χ0) is 20.3. The molecule has 5 aromatic rings. The SMILES string of the molecule is Clc1ccccc1-c1nnc(Cn2c(COc3ccccc3)nc3ccccc32)o1. The molecule has 0 saturated carbocycles. The number of para-hydroxylation sites is 3. The average Bonchev–Trinajstić information content (AvgIpc) is 3.39. The van der Waals surface area contributed by atoms with E-state index in [1.165, 1.54) is 0 Å². The first-order chi connectivity index (χ1) is 14.8. The third-order valence-electron chi connectivity index (χ3n) is 4.71. The van der Waals surface area contributed by atoms with Crippen LogP contribution in [0.25, 0.3) is 22.5 Å². The fourth-order valence-electron chi connectivity index (χ4n) is 3.27. The van der Waals surface area contributed by atoms with Crippen LogP contribution < -0.4 is 4.74 Å². The summed E-state index contributed by atoms with van der Waals surface area (Å²) in [5, 5.41) is 8.94. The van der Waals surface area contributed by atoms with Crippen LogP contribution in [-0.2, 0) is 13.2 Å². The van der Waals surface area contributed by atoms with Crippen molar-refractivity contribution in [3.63, 3.8) is 0 Å². The zero-order valence-electron chi connectivity index (χ0n) is 15.9. The van der Waals surface area contributed by atoms with Crippen molar-refractivity contribution < 1.29 is 9.15 Å². The summed E-state index contributed by atoms with van der Waals surface area (Å²) in [6.07, 6.45) is 0. The minimum absolute atomic E-state index is 0.324. The molecular formula is C23H17ClN4O2. The van der Waals surface area contributed by atoms with Crippen molar-refractivity contribution in [1.82, 2.24) is 19.7 Å². The van der Waals surface area contributed by atoms with Crippen molar-refractivity contribution in [2.75, 3.05) is 0 Å². The first-order valence-electron chi connectivity index (χ1n) is 9.47. The van der Waals surface area contributed by atoms with Gasteiger partial charge in [-0.05, 0) is 36.4 Å². The van der Waals surface area contributed by atoms with E-state index >= 15 is 0 Å². The van der Waals surface area contributed by atoms with Gasteiger partial charge in [0.2, 0.25) is 11.8 Å². The summed E-state index contributed by atoms with van der Waals surface area (Å²) in [6, 6.07) is 25.0. The number of halogens is 1. The van der Waals surface area contributed by atoms with Crippen LogP contribution in [0.5, 0.6) is 5.75 Å². The highest BCUT2D eigenvalue weighted by Crippen LogP contribution is 2.27. The molecule has 0 aliphatic heterocycles. The summed E-state index contributed by atoms with van der Waals surface area (Å²) in [7, 11) is 0. The van der Waals surface area contributed by atoms with Gasteiger partial charge in [-0.2, -0.15) is 0 Å². The smallest absolute Gasteiger partial charge is 0.249 e. The van der Waals surface area contributed by atoms with E-state index in [1.54, 1.807) is 6.07 Å². The highest BCUT2D eigenvalue weighted by molar-refractivity contribution is 6.33. The number of ether oxygens (including phenoxy) is 1. The van der Waals surface area contributed by atoms with Crippen molar-refractivity contribution in [2.24, 2.45) is 0 Å². The van der Waals surface area contributed by atoms with Crippen molar-refractivity contribution in [3.8, 4) is 17.2 Å². The third kappa shape index (κ3) is 3.65. The van der Waals surface area contributed by atoms with Crippen LogP contribution in [0.4, 0.5) is 0 Å². The monoisotopic (exact) mass is 416 g/mol. The van der Waals surface area contributed by atoms with Gasteiger partial charge in [0.1, 0.15) is 24.7 Å². The number of fused-ring (bicyclic) bond motifs is 1. The molecule has 3 aromatic carbocycles. The molecule has 0 amide bonds. The number of hydrogen-bond donors (Lipinski definition) is 0. The standard InChI is InChI=1S/C23H17ClN4O2/c24-18-11-5-4-10-17(18)23-27-26-22(30-23)14-28-20-13-7-6-12-19(20)25-21(28)15-29-16-8-2-1-3-9-16/h1-13H,14-15H2. The van der Waals surface area contributed by atoms with Crippen LogP contribution >= 0.6 is 11.6 Å². The van der Waals surface area contributed by atoms with Crippen molar-refractivity contribution >= 4 is 22.6 Å². The summed E-state index contributed by atoms with van der Waals surface area (Å²) in [5.74, 6) is 2.42. The Balaban J connectivity index is 1.46. The van der Waals surface area contributed by atoms with Gasteiger partial charge in [0.05, 0.1) is 21.6 Å². The molecule has 0 fully saturated rings. The number of hydrogen-bond acceptors (Lipinski definition) is 5. The Morgan fingerprint density at radius 3 is 2.50 bits per heavy atom. The van der Waals surface area contributed by atoms with Crippen molar-refractivity contribution in [1.29, 1.82) is 0 Å². The summed E-state index contributed by atoms with van der Waals surface area (Å²) in [4.78, 5) is 4.73.